The van der Waals surface area contributed by atoms with Crippen molar-refractivity contribution in [3.05, 3.63) is 0 Å². The molecule has 1 fully saturated rings. The molecule has 0 aliphatic heterocycles. The van der Waals surface area contributed by atoms with E-state index in [4.69, 9.17) is 0 Å². The molecule has 1 unspecified atom stereocenters. The summed E-state index contributed by atoms with van der Waals surface area (Å²) in [4.78, 5) is 10.8. The number of rotatable bonds is 0. The number of ketones is 1. The molecule has 1 nitrogen and oxygen atoms in total. The van der Waals surface area contributed by atoms with Crippen LogP contribution in [0, 0.1) is 0 Å². The van der Waals surface area contributed by atoms with Gasteiger partial charge in [0.05, 0.1) is 0 Å². The number of Topliss-reactive ketones (excluding diaryl/α,β-unsaturated/α-hetero) is 1. The Bertz CT molecular complexity index is 101. The molecule has 0 saturated heterocycles. The smallest absolute Gasteiger partial charge is 0.128 e. The summed E-state index contributed by atoms with van der Waals surface area (Å²) >= 11 is 0. The summed E-state index contributed by atoms with van der Waals surface area (Å²) in [5, 5.41) is 0. The third-order valence-electron chi connectivity index (χ3n) is 1.86. The average molecular weight is 110 g/mol. The van der Waals surface area contributed by atoms with Crippen LogP contribution in [0.4, 0.5) is 0 Å². The van der Waals surface area contributed by atoms with Crippen molar-refractivity contribution in [2.45, 2.75) is 31.5 Å². The topological polar surface area (TPSA) is 17.1 Å². The average Bonchev–Trinajstić information content (AvgIpc) is 1.77. The first-order valence-electron chi connectivity index (χ1n) is 3.33. The van der Waals surface area contributed by atoms with Crippen LogP contribution in [-0.2, 0) is 4.79 Å². The van der Waals surface area contributed by atoms with Gasteiger partial charge in [0, 0.05) is 6.42 Å². The fourth-order valence-corrected chi connectivity index (χ4v) is 1.16. The van der Waals surface area contributed by atoms with Crippen LogP contribution in [0.5, 0.6) is 0 Å². The molecule has 0 heterocycles. The van der Waals surface area contributed by atoms with Crippen molar-refractivity contribution < 1.29 is 4.79 Å². The van der Waals surface area contributed by atoms with Gasteiger partial charge in [0.2, 0.25) is 0 Å². The molecule has 0 radical (unpaired) electrons. The maximum atomic E-state index is 10.8. The van der Waals surface area contributed by atoms with E-state index in [0.29, 0.717) is 11.6 Å². The van der Waals surface area contributed by atoms with Crippen molar-refractivity contribution >= 4 is 13.6 Å². The fourth-order valence-electron chi connectivity index (χ4n) is 1.16. The molecule has 0 amide bonds. The Kier molecular flexibility index (Phi) is 1.71. The van der Waals surface area contributed by atoms with Gasteiger partial charge < -0.3 is 4.79 Å². The fraction of sp³-hybridized carbons (Fsp3) is 0.833. The first-order valence-corrected chi connectivity index (χ1v) is 3.33. The van der Waals surface area contributed by atoms with Crippen molar-refractivity contribution in [3.63, 3.8) is 0 Å². The number of hydrogen-bond donors (Lipinski definition) is 0. The summed E-state index contributed by atoms with van der Waals surface area (Å²) < 4.78 is 0. The largest absolute Gasteiger partial charge is 0.300 e. The van der Waals surface area contributed by atoms with Crippen LogP contribution in [-0.4, -0.2) is 13.6 Å². The summed E-state index contributed by atoms with van der Waals surface area (Å²) in [6, 6.07) is 0. The van der Waals surface area contributed by atoms with Crippen LogP contribution in [0.1, 0.15) is 25.7 Å². The van der Waals surface area contributed by atoms with Gasteiger partial charge in [-0.05, 0) is 12.2 Å². The molecule has 8 heavy (non-hydrogen) atoms. The molecule has 0 N–H and O–H groups in total. The summed E-state index contributed by atoms with van der Waals surface area (Å²) in [5.41, 5.74) is 0. The first-order chi connectivity index (χ1) is 3.80. The van der Waals surface area contributed by atoms with Crippen LogP contribution < -0.4 is 0 Å². The second-order valence-electron chi connectivity index (χ2n) is 2.61. The third kappa shape index (κ3) is 1.12. The van der Waals surface area contributed by atoms with Gasteiger partial charge >= 0.3 is 0 Å². The van der Waals surface area contributed by atoms with Crippen molar-refractivity contribution in [2.75, 3.05) is 0 Å². The normalized spacial score (nSPS) is 30.5. The van der Waals surface area contributed by atoms with E-state index >= 15 is 0 Å². The van der Waals surface area contributed by atoms with Crippen molar-refractivity contribution in [1.29, 1.82) is 0 Å². The minimum Gasteiger partial charge on any atom is -0.300 e. The highest BCUT2D eigenvalue weighted by atomic mass is 16.1. The predicted molar refractivity (Wildman–Crippen MR) is 35.8 cm³/mol. The molecule has 1 aliphatic carbocycles. The lowest BCUT2D eigenvalue weighted by molar-refractivity contribution is -0.120. The SMILES string of the molecule is BC1CCCCC1=O. The van der Waals surface area contributed by atoms with E-state index in [1.165, 1.54) is 6.42 Å². The molecule has 2 heteroatoms. The van der Waals surface area contributed by atoms with Crippen LogP contribution >= 0.6 is 0 Å². The van der Waals surface area contributed by atoms with Crippen LogP contribution in [0.15, 0.2) is 0 Å². The molecule has 1 saturated carbocycles. The predicted octanol–water partition coefficient (Wildman–Crippen LogP) is 0.551. The van der Waals surface area contributed by atoms with E-state index in [1.54, 1.807) is 0 Å². The van der Waals surface area contributed by atoms with E-state index in [-0.39, 0.29) is 0 Å². The van der Waals surface area contributed by atoms with Crippen LogP contribution in [0.2, 0.25) is 5.82 Å². The monoisotopic (exact) mass is 110 g/mol. The van der Waals surface area contributed by atoms with Gasteiger partial charge in [0.15, 0.2) is 0 Å². The second-order valence-corrected chi connectivity index (χ2v) is 2.61. The van der Waals surface area contributed by atoms with Gasteiger partial charge in [-0.1, -0.05) is 12.8 Å². The summed E-state index contributed by atoms with van der Waals surface area (Å²) in [7, 11) is 2.03. The maximum Gasteiger partial charge on any atom is 0.128 e. The van der Waals surface area contributed by atoms with E-state index < -0.39 is 0 Å². The van der Waals surface area contributed by atoms with Gasteiger partial charge in [-0.25, -0.2) is 0 Å². The number of hydrogen-bond acceptors (Lipinski definition) is 1. The van der Waals surface area contributed by atoms with Gasteiger partial charge in [-0.3, -0.25) is 0 Å². The lowest BCUT2D eigenvalue weighted by Gasteiger charge is -2.14. The van der Waals surface area contributed by atoms with E-state index in [1.807, 2.05) is 7.85 Å². The third-order valence-corrected chi connectivity index (χ3v) is 1.86. The van der Waals surface area contributed by atoms with Crippen molar-refractivity contribution in [2.24, 2.45) is 0 Å². The highest BCUT2D eigenvalue weighted by Gasteiger charge is 2.16. The zero-order valence-electron chi connectivity index (χ0n) is 5.31. The van der Waals surface area contributed by atoms with Crippen LogP contribution in [0.3, 0.4) is 0 Å². The second kappa shape index (κ2) is 2.34. The minimum atomic E-state index is 0.365. The van der Waals surface area contributed by atoms with E-state index in [2.05, 4.69) is 0 Å². The molecule has 0 bridgehead atoms. The van der Waals surface area contributed by atoms with E-state index in [9.17, 15) is 4.79 Å². The molecule has 0 spiro atoms. The molecule has 0 aromatic rings. The minimum absolute atomic E-state index is 0.365. The number of carbonyl (C=O) groups is 1. The molecule has 1 rings (SSSR count). The molecule has 0 aromatic heterocycles. The van der Waals surface area contributed by atoms with Gasteiger partial charge in [0.1, 0.15) is 13.6 Å². The van der Waals surface area contributed by atoms with Gasteiger partial charge in [-0.15, -0.1) is 0 Å². The molecular weight excluding hydrogens is 98.9 g/mol. The number of carbonyl (C=O) groups excluding carboxylic acids is 1. The lowest BCUT2D eigenvalue weighted by Crippen LogP contribution is -2.12. The van der Waals surface area contributed by atoms with E-state index in [0.717, 1.165) is 19.3 Å². The molecule has 1 aliphatic rings. The zero-order valence-corrected chi connectivity index (χ0v) is 5.31. The Morgan fingerprint density at radius 1 is 1.50 bits per heavy atom. The Balaban J connectivity index is 2.39. The molecule has 0 aromatic carbocycles. The first kappa shape index (κ1) is 5.86. The highest BCUT2D eigenvalue weighted by molar-refractivity contribution is 6.24. The highest BCUT2D eigenvalue weighted by Crippen LogP contribution is 2.21. The zero-order chi connectivity index (χ0) is 5.98. The Hall–Kier alpha value is -0.265. The lowest BCUT2D eigenvalue weighted by atomic mass is 9.75. The molecule has 44 valence electrons. The van der Waals surface area contributed by atoms with Crippen LogP contribution in [0.25, 0.3) is 0 Å². The van der Waals surface area contributed by atoms with Gasteiger partial charge in [0.25, 0.3) is 0 Å². The summed E-state index contributed by atoms with van der Waals surface area (Å²) in [6.07, 6.45) is 4.34. The Morgan fingerprint density at radius 2 is 2.25 bits per heavy atom. The summed E-state index contributed by atoms with van der Waals surface area (Å²) in [6.45, 7) is 0. The Morgan fingerprint density at radius 3 is 2.62 bits per heavy atom. The maximum absolute atomic E-state index is 10.8. The van der Waals surface area contributed by atoms with Gasteiger partial charge in [-0.2, -0.15) is 0 Å². The molecule has 1 atom stereocenters. The summed E-state index contributed by atoms with van der Waals surface area (Å²) in [5.74, 6) is 0.833. The van der Waals surface area contributed by atoms with Crippen molar-refractivity contribution in [3.8, 4) is 0 Å². The quantitative estimate of drug-likeness (QED) is 0.416. The van der Waals surface area contributed by atoms with Crippen molar-refractivity contribution in [1.82, 2.24) is 0 Å². The standard InChI is InChI=1S/C6H11BO/c7-5-3-1-2-4-6(5)8/h5H,1-4,7H2. The molecular formula is C6H11BO. The Labute approximate surface area is 50.9 Å².